The van der Waals surface area contributed by atoms with Gasteiger partial charge in [-0.1, -0.05) is 29.4 Å². The summed E-state index contributed by atoms with van der Waals surface area (Å²) in [4.78, 5) is 4.63. The standard InChI is InChI=1S/C16H19N3O2/c1-20-16(8-4-9-16)15-18-14(21-19-15)13-12-6-3-2-5-11(12)7-10-17-13/h2-3,5-6,13,17H,4,7-10H2,1H3. The number of hydrogen-bond acceptors (Lipinski definition) is 5. The summed E-state index contributed by atoms with van der Waals surface area (Å²) in [6.07, 6.45) is 4.13. The molecule has 2 heterocycles. The molecule has 0 amide bonds. The summed E-state index contributed by atoms with van der Waals surface area (Å²) in [5.41, 5.74) is 2.26. The van der Waals surface area contributed by atoms with E-state index in [4.69, 9.17) is 9.26 Å². The predicted molar refractivity (Wildman–Crippen MR) is 76.8 cm³/mol. The van der Waals surface area contributed by atoms with Gasteiger partial charge in [0.15, 0.2) is 0 Å². The third kappa shape index (κ3) is 2.00. The van der Waals surface area contributed by atoms with Crippen LogP contribution in [0.4, 0.5) is 0 Å². The normalized spacial score (nSPS) is 23.4. The molecule has 1 aromatic carbocycles. The Kier molecular flexibility index (Phi) is 3.05. The van der Waals surface area contributed by atoms with Gasteiger partial charge in [-0.2, -0.15) is 4.98 Å². The number of rotatable bonds is 3. The SMILES string of the molecule is COC1(c2noc(C3NCCc4ccccc43)n2)CCC1. The van der Waals surface area contributed by atoms with Gasteiger partial charge in [0.05, 0.1) is 0 Å². The Hall–Kier alpha value is -1.72. The van der Waals surface area contributed by atoms with Gasteiger partial charge in [-0.05, 0) is 36.8 Å². The number of hydrogen-bond donors (Lipinski definition) is 1. The second-order valence-electron chi connectivity index (χ2n) is 5.84. The van der Waals surface area contributed by atoms with Crippen molar-refractivity contribution < 1.29 is 9.26 Å². The molecule has 1 aliphatic heterocycles. The molecule has 1 unspecified atom stereocenters. The lowest BCUT2D eigenvalue weighted by atomic mass is 9.79. The summed E-state index contributed by atoms with van der Waals surface area (Å²) < 4.78 is 11.2. The molecule has 1 aromatic heterocycles. The topological polar surface area (TPSA) is 60.2 Å². The van der Waals surface area contributed by atoms with E-state index in [-0.39, 0.29) is 11.6 Å². The number of fused-ring (bicyclic) bond motifs is 1. The molecule has 2 aromatic rings. The lowest BCUT2D eigenvalue weighted by Gasteiger charge is -2.37. The predicted octanol–water partition coefficient (Wildman–Crippen LogP) is 2.33. The van der Waals surface area contributed by atoms with Crippen LogP contribution in [0.3, 0.4) is 0 Å². The zero-order valence-corrected chi connectivity index (χ0v) is 12.1. The van der Waals surface area contributed by atoms with Crippen molar-refractivity contribution in [1.29, 1.82) is 0 Å². The Morgan fingerprint density at radius 3 is 2.95 bits per heavy atom. The zero-order chi connectivity index (χ0) is 14.3. The number of aromatic nitrogens is 2. The first-order valence-corrected chi connectivity index (χ1v) is 7.53. The van der Waals surface area contributed by atoms with E-state index in [1.165, 1.54) is 11.1 Å². The molecule has 1 aliphatic carbocycles. The number of methoxy groups -OCH3 is 1. The zero-order valence-electron chi connectivity index (χ0n) is 12.1. The van der Waals surface area contributed by atoms with Gasteiger partial charge in [0, 0.05) is 13.7 Å². The third-order valence-electron chi connectivity index (χ3n) is 4.76. The molecule has 1 N–H and O–H groups in total. The van der Waals surface area contributed by atoms with E-state index in [2.05, 4.69) is 39.7 Å². The van der Waals surface area contributed by atoms with Crippen LogP contribution in [0.25, 0.3) is 0 Å². The summed E-state index contributed by atoms with van der Waals surface area (Å²) in [7, 11) is 1.73. The number of benzene rings is 1. The Morgan fingerprint density at radius 2 is 2.19 bits per heavy atom. The highest BCUT2D eigenvalue weighted by Gasteiger charge is 2.43. The van der Waals surface area contributed by atoms with Crippen molar-refractivity contribution in [2.24, 2.45) is 0 Å². The number of nitrogens with one attached hydrogen (secondary N) is 1. The van der Waals surface area contributed by atoms with Crippen molar-refractivity contribution in [2.75, 3.05) is 13.7 Å². The van der Waals surface area contributed by atoms with Crippen LogP contribution in [-0.4, -0.2) is 23.8 Å². The molecule has 0 saturated heterocycles. The van der Waals surface area contributed by atoms with Crippen LogP contribution in [0.2, 0.25) is 0 Å². The van der Waals surface area contributed by atoms with Crippen molar-refractivity contribution in [3.8, 4) is 0 Å². The lowest BCUT2D eigenvalue weighted by molar-refractivity contribution is -0.0858. The fourth-order valence-electron chi connectivity index (χ4n) is 3.28. The number of nitrogens with zero attached hydrogens (tertiary/aromatic N) is 2. The third-order valence-corrected chi connectivity index (χ3v) is 4.76. The molecule has 0 radical (unpaired) electrons. The maximum absolute atomic E-state index is 5.62. The first-order chi connectivity index (χ1) is 10.3. The van der Waals surface area contributed by atoms with Crippen LogP contribution < -0.4 is 5.32 Å². The highest BCUT2D eigenvalue weighted by Crippen LogP contribution is 2.43. The van der Waals surface area contributed by atoms with Gasteiger partial charge >= 0.3 is 0 Å². The van der Waals surface area contributed by atoms with Crippen molar-refractivity contribution in [3.63, 3.8) is 0 Å². The molecule has 1 saturated carbocycles. The molecule has 2 aliphatic rings. The van der Waals surface area contributed by atoms with E-state index in [1.807, 2.05) is 0 Å². The van der Waals surface area contributed by atoms with Crippen LogP contribution in [0.15, 0.2) is 28.8 Å². The molecule has 0 bridgehead atoms. The average molecular weight is 285 g/mol. The fourth-order valence-corrected chi connectivity index (χ4v) is 3.28. The molecule has 1 atom stereocenters. The monoisotopic (exact) mass is 285 g/mol. The van der Waals surface area contributed by atoms with Gasteiger partial charge in [-0.15, -0.1) is 0 Å². The van der Waals surface area contributed by atoms with E-state index in [0.717, 1.165) is 32.2 Å². The van der Waals surface area contributed by atoms with E-state index >= 15 is 0 Å². The van der Waals surface area contributed by atoms with Gasteiger partial charge < -0.3 is 14.6 Å². The van der Waals surface area contributed by atoms with Crippen molar-refractivity contribution in [2.45, 2.75) is 37.3 Å². The largest absolute Gasteiger partial charge is 0.370 e. The number of ether oxygens (including phenoxy) is 1. The summed E-state index contributed by atoms with van der Waals surface area (Å²) in [6.45, 7) is 0.925. The van der Waals surface area contributed by atoms with Crippen LogP contribution in [0.1, 0.15) is 48.1 Å². The Bertz CT molecular complexity index is 643. The summed E-state index contributed by atoms with van der Waals surface area (Å²) in [6, 6.07) is 8.42. The summed E-state index contributed by atoms with van der Waals surface area (Å²) in [5, 5.41) is 7.65. The van der Waals surface area contributed by atoms with Gasteiger partial charge in [0.25, 0.3) is 0 Å². The fraction of sp³-hybridized carbons (Fsp3) is 0.500. The molecule has 110 valence electrons. The van der Waals surface area contributed by atoms with E-state index in [0.29, 0.717) is 11.7 Å². The minimum absolute atomic E-state index is 0.00909. The second-order valence-corrected chi connectivity index (χ2v) is 5.84. The Morgan fingerprint density at radius 1 is 1.33 bits per heavy atom. The first kappa shape index (κ1) is 13.0. The quantitative estimate of drug-likeness (QED) is 0.938. The van der Waals surface area contributed by atoms with Crippen molar-refractivity contribution >= 4 is 0 Å². The minimum Gasteiger partial charge on any atom is -0.370 e. The van der Waals surface area contributed by atoms with E-state index < -0.39 is 0 Å². The Labute approximate surface area is 123 Å². The molecule has 1 fully saturated rings. The van der Waals surface area contributed by atoms with Gasteiger partial charge in [0.2, 0.25) is 11.7 Å². The first-order valence-electron chi connectivity index (χ1n) is 7.53. The molecule has 4 rings (SSSR count). The van der Waals surface area contributed by atoms with Crippen LogP contribution in [0, 0.1) is 0 Å². The molecule has 21 heavy (non-hydrogen) atoms. The lowest BCUT2D eigenvalue weighted by Crippen LogP contribution is -2.37. The highest BCUT2D eigenvalue weighted by atomic mass is 16.5. The Balaban J connectivity index is 1.68. The summed E-state index contributed by atoms with van der Waals surface area (Å²) >= 11 is 0. The summed E-state index contributed by atoms with van der Waals surface area (Å²) in [5.74, 6) is 1.33. The second kappa shape index (κ2) is 4.93. The van der Waals surface area contributed by atoms with Crippen LogP contribution in [-0.2, 0) is 16.8 Å². The molecular weight excluding hydrogens is 266 g/mol. The van der Waals surface area contributed by atoms with Gasteiger partial charge in [-0.25, -0.2) is 0 Å². The maximum Gasteiger partial charge on any atom is 0.248 e. The molecule has 5 heteroatoms. The highest BCUT2D eigenvalue weighted by molar-refractivity contribution is 5.35. The van der Waals surface area contributed by atoms with Gasteiger partial charge in [-0.3, -0.25) is 0 Å². The maximum atomic E-state index is 5.62. The van der Waals surface area contributed by atoms with E-state index in [1.54, 1.807) is 7.11 Å². The van der Waals surface area contributed by atoms with Crippen LogP contribution >= 0.6 is 0 Å². The van der Waals surface area contributed by atoms with Crippen molar-refractivity contribution in [1.82, 2.24) is 15.5 Å². The molecule has 5 nitrogen and oxygen atoms in total. The van der Waals surface area contributed by atoms with Crippen LogP contribution in [0.5, 0.6) is 0 Å². The van der Waals surface area contributed by atoms with E-state index in [9.17, 15) is 0 Å². The molecular formula is C16H19N3O2. The molecule has 0 spiro atoms. The smallest absolute Gasteiger partial charge is 0.248 e. The minimum atomic E-state index is -0.323. The average Bonchev–Trinajstić information content (AvgIpc) is 2.96. The van der Waals surface area contributed by atoms with Gasteiger partial charge in [0.1, 0.15) is 11.6 Å². The van der Waals surface area contributed by atoms with Crippen molar-refractivity contribution in [3.05, 3.63) is 47.1 Å².